The Kier molecular flexibility index (Phi) is 5.35. The third-order valence-corrected chi connectivity index (χ3v) is 5.39. The SMILES string of the molecule is Cc1ccc(/C=C2\SC(=O)N(CCNC(=O)c3cccs3)C2=O)cc1. The van der Waals surface area contributed by atoms with Crippen LogP contribution in [0.25, 0.3) is 6.08 Å². The molecule has 0 radical (unpaired) electrons. The zero-order chi connectivity index (χ0) is 17.8. The molecule has 0 unspecified atom stereocenters. The monoisotopic (exact) mass is 372 g/mol. The van der Waals surface area contributed by atoms with Crippen LogP contribution in [0, 0.1) is 6.92 Å². The number of hydrogen-bond acceptors (Lipinski definition) is 5. The summed E-state index contributed by atoms with van der Waals surface area (Å²) in [5.41, 5.74) is 2.01. The van der Waals surface area contributed by atoms with Gasteiger partial charge < -0.3 is 5.32 Å². The molecule has 1 aromatic carbocycles. The number of thioether (sulfide) groups is 1. The number of hydrogen-bond donors (Lipinski definition) is 1. The number of aryl methyl sites for hydroxylation is 1. The summed E-state index contributed by atoms with van der Waals surface area (Å²) in [6, 6.07) is 11.2. The van der Waals surface area contributed by atoms with Crippen molar-refractivity contribution in [3.05, 3.63) is 62.7 Å². The van der Waals surface area contributed by atoms with Crippen molar-refractivity contribution in [1.82, 2.24) is 10.2 Å². The van der Waals surface area contributed by atoms with Crippen LogP contribution in [0.15, 0.2) is 46.7 Å². The van der Waals surface area contributed by atoms with Crippen molar-refractivity contribution >= 4 is 46.2 Å². The van der Waals surface area contributed by atoms with Gasteiger partial charge in [-0.1, -0.05) is 35.9 Å². The number of carbonyl (C=O) groups is 3. The van der Waals surface area contributed by atoms with E-state index in [1.54, 1.807) is 18.2 Å². The Labute approximate surface area is 153 Å². The van der Waals surface area contributed by atoms with Gasteiger partial charge in [-0.2, -0.15) is 0 Å². The van der Waals surface area contributed by atoms with Crippen LogP contribution in [0.2, 0.25) is 0 Å². The minimum absolute atomic E-state index is 0.160. The lowest BCUT2D eigenvalue weighted by Gasteiger charge is -2.12. The van der Waals surface area contributed by atoms with Gasteiger partial charge in [0.1, 0.15) is 0 Å². The highest BCUT2D eigenvalue weighted by molar-refractivity contribution is 8.18. The predicted octanol–water partition coefficient (Wildman–Crippen LogP) is 3.52. The molecule has 3 rings (SSSR count). The Bertz CT molecular complexity index is 827. The van der Waals surface area contributed by atoms with Crippen LogP contribution < -0.4 is 5.32 Å². The second-order valence-corrected chi connectivity index (χ2v) is 7.42. The van der Waals surface area contributed by atoms with Gasteiger partial charge in [0.25, 0.3) is 17.1 Å². The van der Waals surface area contributed by atoms with Gasteiger partial charge in [0, 0.05) is 13.1 Å². The van der Waals surface area contributed by atoms with E-state index in [4.69, 9.17) is 0 Å². The molecular formula is C18H16N2O3S2. The molecule has 0 saturated carbocycles. The summed E-state index contributed by atoms with van der Waals surface area (Å²) in [5, 5.41) is 4.23. The first-order chi connectivity index (χ1) is 12.0. The van der Waals surface area contributed by atoms with E-state index < -0.39 is 0 Å². The summed E-state index contributed by atoms with van der Waals surface area (Å²) in [7, 11) is 0. The number of amides is 3. The maximum absolute atomic E-state index is 12.4. The van der Waals surface area contributed by atoms with Crippen molar-refractivity contribution in [3.63, 3.8) is 0 Å². The summed E-state index contributed by atoms with van der Waals surface area (Å²) >= 11 is 2.27. The van der Waals surface area contributed by atoms with E-state index in [1.165, 1.54) is 16.2 Å². The maximum Gasteiger partial charge on any atom is 0.293 e. The van der Waals surface area contributed by atoms with Crippen LogP contribution >= 0.6 is 23.1 Å². The summed E-state index contributed by atoms with van der Waals surface area (Å²) in [6.45, 7) is 2.38. The van der Waals surface area contributed by atoms with Crippen LogP contribution in [0.4, 0.5) is 4.79 Å². The molecule has 5 nitrogen and oxygen atoms in total. The average molecular weight is 372 g/mol. The smallest absolute Gasteiger partial charge is 0.293 e. The molecule has 3 amide bonds. The van der Waals surface area contributed by atoms with Gasteiger partial charge in [-0.15, -0.1) is 11.3 Å². The quantitative estimate of drug-likeness (QED) is 0.816. The molecule has 0 spiro atoms. The average Bonchev–Trinajstić information content (AvgIpc) is 3.21. The molecule has 0 bridgehead atoms. The van der Waals surface area contributed by atoms with Gasteiger partial charge in [0.05, 0.1) is 9.78 Å². The Hall–Kier alpha value is -2.38. The van der Waals surface area contributed by atoms with Gasteiger partial charge in [-0.3, -0.25) is 19.3 Å². The molecule has 128 valence electrons. The lowest BCUT2D eigenvalue weighted by Crippen LogP contribution is -2.37. The van der Waals surface area contributed by atoms with E-state index >= 15 is 0 Å². The fourth-order valence-corrected chi connectivity index (χ4v) is 3.79. The number of rotatable bonds is 5. The molecule has 0 atom stereocenters. The third-order valence-electron chi connectivity index (χ3n) is 3.61. The standard InChI is InChI=1S/C18H16N2O3S2/c1-12-4-6-13(7-5-12)11-15-17(22)20(18(23)25-15)9-8-19-16(21)14-3-2-10-24-14/h2-7,10-11H,8-9H2,1H3,(H,19,21)/b15-11-. The zero-order valence-corrected chi connectivity index (χ0v) is 15.2. The van der Waals surface area contributed by atoms with Crippen molar-refractivity contribution in [1.29, 1.82) is 0 Å². The van der Waals surface area contributed by atoms with Crippen molar-refractivity contribution in [3.8, 4) is 0 Å². The summed E-state index contributed by atoms with van der Waals surface area (Å²) in [6.07, 6.45) is 1.72. The first-order valence-corrected chi connectivity index (χ1v) is 9.38. The molecule has 0 aliphatic carbocycles. The topological polar surface area (TPSA) is 66.5 Å². The van der Waals surface area contributed by atoms with Crippen molar-refractivity contribution < 1.29 is 14.4 Å². The van der Waals surface area contributed by atoms with Gasteiger partial charge in [-0.25, -0.2) is 0 Å². The molecule has 2 heterocycles. The molecule has 1 aromatic heterocycles. The maximum atomic E-state index is 12.4. The van der Waals surface area contributed by atoms with Crippen molar-refractivity contribution in [2.24, 2.45) is 0 Å². The predicted molar refractivity (Wildman–Crippen MR) is 101 cm³/mol. The summed E-state index contributed by atoms with van der Waals surface area (Å²) in [5.74, 6) is -0.516. The van der Waals surface area contributed by atoms with Crippen LogP contribution in [0.5, 0.6) is 0 Å². The second kappa shape index (κ2) is 7.67. The lowest BCUT2D eigenvalue weighted by atomic mass is 10.1. The number of benzene rings is 1. The van der Waals surface area contributed by atoms with Crippen LogP contribution in [-0.4, -0.2) is 35.0 Å². The fraction of sp³-hybridized carbons (Fsp3) is 0.167. The molecule has 7 heteroatoms. The number of nitrogens with zero attached hydrogens (tertiary/aromatic N) is 1. The molecule has 2 aromatic rings. The number of thiophene rings is 1. The van der Waals surface area contributed by atoms with E-state index in [2.05, 4.69) is 5.32 Å². The minimum atomic E-state index is -0.319. The Morgan fingerprint density at radius 2 is 1.96 bits per heavy atom. The summed E-state index contributed by atoms with van der Waals surface area (Å²) in [4.78, 5) is 38.5. The molecule has 1 N–H and O–H groups in total. The highest BCUT2D eigenvalue weighted by Gasteiger charge is 2.34. The lowest BCUT2D eigenvalue weighted by molar-refractivity contribution is -0.122. The van der Waals surface area contributed by atoms with Crippen LogP contribution in [-0.2, 0) is 4.79 Å². The van der Waals surface area contributed by atoms with E-state index in [1.807, 2.05) is 36.6 Å². The third kappa shape index (κ3) is 4.18. The fourth-order valence-electron chi connectivity index (χ4n) is 2.28. The normalized spacial score (nSPS) is 15.9. The largest absolute Gasteiger partial charge is 0.350 e. The second-order valence-electron chi connectivity index (χ2n) is 5.48. The van der Waals surface area contributed by atoms with E-state index in [0.717, 1.165) is 22.9 Å². The van der Waals surface area contributed by atoms with Gasteiger partial charge >= 0.3 is 0 Å². The Morgan fingerprint density at radius 3 is 2.64 bits per heavy atom. The first-order valence-electron chi connectivity index (χ1n) is 7.68. The van der Waals surface area contributed by atoms with Crippen LogP contribution in [0.1, 0.15) is 20.8 Å². The van der Waals surface area contributed by atoms with Gasteiger partial charge in [-0.05, 0) is 41.8 Å². The Morgan fingerprint density at radius 1 is 1.20 bits per heavy atom. The van der Waals surface area contributed by atoms with Crippen molar-refractivity contribution in [2.45, 2.75) is 6.92 Å². The molecular weight excluding hydrogens is 356 g/mol. The van der Waals surface area contributed by atoms with E-state index in [9.17, 15) is 14.4 Å². The Balaban J connectivity index is 1.59. The molecule has 1 fully saturated rings. The zero-order valence-electron chi connectivity index (χ0n) is 13.5. The molecule has 1 aliphatic heterocycles. The summed E-state index contributed by atoms with van der Waals surface area (Å²) < 4.78 is 0. The van der Waals surface area contributed by atoms with Crippen molar-refractivity contribution in [2.75, 3.05) is 13.1 Å². The molecule has 1 aliphatic rings. The highest BCUT2D eigenvalue weighted by atomic mass is 32.2. The number of carbonyl (C=O) groups excluding carboxylic acids is 3. The van der Waals surface area contributed by atoms with E-state index in [-0.39, 0.29) is 30.1 Å². The molecule has 25 heavy (non-hydrogen) atoms. The highest BCUT2D eigenvalue weighted by Crippen LogP contribution is 2.31. The van der Waals surface area contributed by atoms with Gasteiger partial charge in [0.2, 0.25) is 0 Å². The minimum Gasteiger partial charge on any atom is -0.350 e. The first kappa shape index (κ1) is 17.4. The van der Waals surface area contributed by atoms with E-state index in [0.29, 0.717) is 9.78 Å². The van der Waals surface area contributed by atoms with Gasteiger partial charge in [0.15, 0.2) is 0 Å². The van der Waals surface area contributed by atoms with Crippen LogP contribution in [0.3, 0.4) is 0 Å². The number of imide groups is 1. The molecule has 1 saturated heterocycles. The number of nitrogens with one attached hydrogen (secondary N) is 1.